The summed E-state index contributed by atoms with van der Waals surface area (Å²) >= 11 is 1.37. The summed E-state index contributed by atoms with van der Waals surface area (Å²) in [5.41, 5.74) is 5.55. The highest BCUT2D eigenvalue weighted by atomic mass is 32.2. The number of carboxylic acids is 1. The summed E-state index contributed by atoms with van der Waals surface area (Å²) < 4.78 is 0. The fraction of sp³-hybridized carbons (Fsp3) is 0.758. The fourth-order valence-electron chi connectivity index (χ4n) is 9.74. The first-order valence-electron chi connectivity index (χ1n) is 34.5. The second kappa shape index (κ2) is 47.8. The highest BCUT2D eigenvalue weighted by Gasteiger charge is 2.38. The standard InChI is InChI=1S/C66H118N16O17S/c1-19-37(12)53(81-65(97)55(39(14)21-3)80-56(88)40(15)72-47(85)31-69-57(89)43(74-42(17)83)24-22-23-26-67)61(93)71-32-48(86)75-45(28-33(4)5)59(91)76-44(25-27-100-18)58(90)78-50(34(6)7)60(92)70-29-46(84)68-30-49(87)77-51(35(8)9)62(94)79-52(36(10)11)63(95)82-54(38(13)20-2)64(96)73-41(16)66(98)99/h33-41,43-45,50-55H,19-32,67H2,1-18H3,(H,68,84)(H,69,89)(H,70,92)(H,71,93)(H,72,85)(H,73,96)(H,74,83)(H,75,86)(H,76,91)(H,77,87)(H,78,90)(H,79,94)(H,80,88)(H,81,97)(H,82,95)(H,98,99). The molecule has 14 atom stereocenters. The lowest BCUT2D eigenvalue weighted by Crippen LogP contribution is -2.61. The van der Waals surface area contributed by atoms with Crippen molar-refractivity contribution >= 4 is 106 Å². The lowest BCUT2D eigenvalue weighted by atomic mass is 9.94. The summed E-state index contributed by atoms with van der Waals surface area (Å²) in [4.78, 5) is 212. The van der Waals surface area contributed by atoms with Gasteiger partial charge in [-0.05, 0) is 106 Å². The highest BCUT2D eigenvalue weighted by Crippen LogP contribution is 2.16. The molecule has 0 heterocycles. The van der Waals surface area contributed by atoms with E-state index < -0.39 is 223 Å². The molecule has 33 nitrogen and oxygen atoms in total. The highest BCUT2D eigenvalue weighted by molar-refractivity contribution is 7.98. The Morgan fingerprint density at radius 2 is 0.730 bits per heavy atom. The van der Waals surface area contributed by atoms with Crippen molar-refractivity contribution in [1.82, 2.24) is 79.8 Å². The molecule has 0 aromatic carbocycles. The minimum Gasteiger partial charge on any atom is -0.480 e. The van der Waals surface area contributed by atoms with Gasteiger partial charge in [0.25, 0.3) is 0 Å². The number of thioether (sulfide) groups is 1. The Bertz CT molecular complexity index is 2760. The van der Waals surface area contributed by atoms with Crippen molar-refractivity contribution < 1.29 is 81.8 Å². The van der Waals surface area contributed by atoms with E-state index in [4.69, 9.17) is 5.73 Å². The lowest BCUT2D eigenvalue weighted by Gasteiger charge is -2.30. The van der Waals surface area contributed by atoms with Crippen molar-refractivity contribution in [2.45, 2.75) is 236 Å². The Kier molecular flexibility index (Phi) is 43.9. The number of carboxylic acid groups (broad SMARTS) is 1. The number of nitrogens with one attached hydrogen (secondary N) is 15. The van der Waals surface area contributed by atoms with Gasteiger partial charge in [-0.3, -0.25) is 76.7 Å². The molecule has 570 valence electrons. The van der Waals surface area contributed by atoms with Crippen LogP contribution in [-0.4, -0.2) is 211 Å². The monoisotopic (exact) mass is 1440 g/mol. The number of rotatable bonds is 48. The third kappa shape index (κ3) is 34.7. The van der Waals surface area contributed by atoms with Crippen molar-refractivity contribution in [2.75, 3.05) is 44.7 Å². The predicted octanol–water partition coefficient (Wildman–Crippen LogP) is -2.04. The van der Waals surface area contributed by atoms with Gasteiger partial charge in [-0.15, -0.1) is 0 Å². The van der Waals surface area contributed by atoms with E-state index in [1.165, 1.54) is 32.5 Å². The molecule has 0 fully saturated rings. The summed E-state index contributed by atoms with van der Waals surface area (Å²) in [6.07, 6.45) is 4.64. The van der Waals surface area contributed by atoms with Crippen LogP contribution in [0.3, 0.4) is 0 Å². The van der Waals surface area contributed by atoms with Crippen LogP contribution in [0.1, 0.15) is 169 Å². The molecular weight excluding hydrogens is 1320 g/mol. The smallest absolute Gasteiger partial charge is 0.325 e. The Hall–Kier alpha value is -8.17. The number of amides is 15. The Morgan fingerprint density at radius 1 is 0.360 bits per heavy atom. The maximum atomic E-state index is 14.1. The molecule has 0 spiro atoms. The van der Waals surface area contributed by atoms with Gasteiger partial charge >= 0.3 is 5.97 Å². The van der Waals surface area contributed by atoms with Gasteiger partial charge in [0, 0.05) is 6.92 Å². The lowest BCUT2D eigenvalue weighted by molar-refractivity contribution is -0.142. The SMILES string of the molecule is CCC(C)C(NC(=O)C(C)NC(=O)CNC(=O)C(CCCCN)NC(C)=O)C(=O)NC(C(=O)NCC(=O)NC(CC(C)C)C(=O)NC(CCSC)C(=O)NC(C(=O)NCC(=O)NCC(=O)NC(C(=O)NC(C(=O)NC(C(=O)NC(C)C(=O)O)C(C)CC)C(C)C)C(C)C)C(C)C)C(C)CC. The van der Waals surface area contributed by atoms with Crippen LogP contribution in [-0.2, 0) is 76.7 Å². The fourth-order valence-corrected chi connectivity index (χ4v) is 10.2. The summed E-state index contributed by atoms with van der Waals surface area (Å²) in [6.45, 7) is 25.7. The molecule has 0 bridgehead atoms. The number of carbonyl (C=O) groups excluding carboxylic acids is 15. The number of carbonyl (C=O) groups is 16. The average molecular weight is 1440 g/mol. The molecule has 0 aliphatic rings. The van der Waals surface area contributed by atoms with Crippen LogP contribution < -0.4 is 85.5 Å². The molecule has 0 aliphatic carbocycles. The number of aliphatic carboxylic acids is 1. The quantitative estimate of drug-likeness (QED) is 0.0292. The molecular formula is C66H118N16O17S. The van der Waals surface area contributed by atoms with Crippen LogP contribution in [0, 0.1) is 41.4 Å². The predicted molar refractivity (Wildman–Crippen MR) is 376 cm³/mol. The molecule has 0 rings (SSSR count). The van der Waals surface area contributed by atoms with Gasteiger partial charge in [-0.2, -0.15) is 11.8 Å². The Labute approximate surface area is 593 Å². The minimum atomic E-state index is -1.28. The molecule has 0 saturated heterocycles. The van der Waals surface area contributed by atoms with Gasteiger partial charge < -0.3 is 90.6 Å². The van der Waals surface area contributed by atoms with Crippen molar-refractivity contribution in [3.8, 4) is 0 Å². The number of nitrogens with two attached hydrogens (primary N) is 1. The Morgan fingerprint density at radius 3 is 1.19 bits per heavy atom. The van der Waals surface area contributed by atoms with E-state index >= 15 is 0 Å². The largest absolute Gasteiger partial charge is 0.480 e. The van der Waals surface area contributed by atoms with E-state index in [0.717, 1.165) is 0 Å². The summed E-state index contributed by atoms with van der Waals surface area (Å²) in [6, 6.07) is -13.0. The zero-order valence-electron chi connectivity index (χ0n) is 61.8. The van der Waals surface area contributed by atoms with Gasteiger partial charge in [0.2, 0.25) is 88.6 Å². The van der Waals surface area contributed by atoms with Gasteiger partial charge in [0.05, 0.1) is 26.2 Å². The summed E-state index contributed by atoms with van der Waals surface area (Å²) in [7, 11) is 0. The van der Waals surface area contributed by atoms with Gasteiger partial charge in [-0.25, -0.2) is 0 Å². The van der Waals surface area contributed by atoms with Gasteiger partial charge in [-0.1, -0.05) is 116 Å². The normalized spacial score (nSPS) is 15.4. The second-order valence-corrected chi connectivity index (χ2v) is 27.8. The van der Waals surface area contributed by atoms with Crippen molar-refractivity contribution in [1.29, 1.82) is 0 Å². The molecule has 0 saturated carbocycles. The average Bonchev–Trinajstić information content (AvgIpc) is 0.859. The maximum absolute atomic E-state index is 14.1. The van der Waals surface area contributed by atoms with Crippen molar-refractivity contribution in [2.24, 2.45) is 47.2 Å². The molecule has 14 unspecified atom stereocenters. The summed E-state index contributed by atoms with van der Waals surface area (Å²) in [5.74, 6) is -15.0. The van der Waals surface area contributed by atoms with Crippen molar-refractivity contribution in [3.05, 3.63) is 0 Å². The first kappa shape index (κ1) is 91.8. The zero-order chi connectivity index (χ0) is 76.8. The van der Waals surface area contributed by atoms with Crippen LogP contribution in [0.4, 0.5) is 0 Å². The number of hydrogen-bond donors (Lipinski definition) is 17. The van der Waals surface area contributed by atoms with Crippen LogP contribution in [0.2, 0.25) is 0 Å². The number of hydrogen-bond acceptors (Lipinski definition) is 18. The van der Waals surface area contributed by atoms with E-state index in [9.17, 15) is 81.8 Å². The molecule has 0 aromatic heterocycles. The molecule has 0 radical (unpaired) electrons. The molecule has 0 aliphatic heterocycles. The molecule has 0 aromatic rings. The summed E-state index contributed by atoms with van der Waals surface area (Å²) in [5, 5.41) is 47.7. The molecule has 34 heteroatoms. The van der Waals surface area contributed by atoms with Crippen LogP contribution in [0.15, 0.2) is 0 Å². The third-order valence-corrected chi connectivity index (χ3v) is 17.2. The van der Waals surface area contributed by atoms with Gasteiger partial charge in [0.1, 0.15) is 66.5 Å². The van der Waals surface area contributed by atoms with E-state index in [-0.39, 0.29) is 18.8 Å². The topological polar surface area (TPSA) is 500 Å². The first-order valence-corrected chi connectivity index (χ1v) is 35.9. The first-order chi connectivity index (χ1) is 46.7. The van der Waals surface area contributed by atoms with Gasteiger partial charge in [0.15, 0.2) is 0 Å². The third-order valence-electron chi connectivity index (χ3n) is 16.6. The minimum absolute atomic E-state index is 0.0812. The van der Waals surface area contributed by atoms with Crippen molar-refractivity contribution in [3.63, 3.8) is 0 Å². The molecule has 18 N–H and O–H groups in total. The second-order valence-electron chi connectivity index (χ2n) is 26.8. The number of unbranched alkanes of at least 4 members (excludes halogenated alkanes) is 1. The molecule has 100 heavy (non-hydrogen) atoms. The van der Waals surface area contributed by atoms with E-state index in [0.29, 0.717) is 50.8 Å². The Balaban J connectivity index is 6.01. The van der Waals surface area contributed by atoms with E-state index in [1.807, 2.05) is 0 Å². The maximum Gasteiger partial charge on any atom is 0.325 e. The molecule has 15 amide bonds. The van der Waals surface area contributed by atoms with Crippen LogP contribution >= 0.6 is 11.8 Å². The zero-order valence-corrected chi connectivity index (χ0v) is 62.6. The van der Waals surface area contributed by atoms with E-state index in [1.54, 1.807) is 103 Å². The van der Waals surface area contributed by atoms with Crippen LogP contribution in [0.25, 0.3) is 0 Å². The van der Waals surface area contributed by atoms with Crippen LogP contribution in [0.5, 0.6) is 0 Å². The van der Waals surface area contributed by atoms with E-state index in [2.05, 4.69) is 79.8 Å².